The van der Waals surface area contributed by atoms with Crippen molar-refractivity contribution in [3.8, 4) is 0 Å². The van der Waals surface area contributed by atoms with Crippen molar-refractivity contribution in [1.29, 1.82) is 0 Å². The van der Waals surface area contributed by atoms with Crippen molar-refractivity contribution < 1.29 is 14.3 Å². The number of rotatable bonds is 7. The molecule has 2 aliphatic heterocycles. The lowest BCUT2D eigenvalue weighted by atomic mass is 10.0. The van der Waals surface area contributed by atoms with Gasteiger partial charge in [-0.05, 0) is 29.5 Å². The van der Waals surface area contributed by atoms with Crippen LogP contribution in [0.2, 0.25) is 0 Å². The zero-order valence-corrected chi connectivity index (χ0v) is 22.5. The number of nitrogens with two attached hydrogens (primary N) is 1. The summed E-state index contributed by atoms with van der Waals surface area (Å²) in [7, 11) is 0. The van der Waals surface area contributed by atoms with Crippen LogP contribution in [0.4, 0.5) is 0 Å². The summed E-state index contributed by atoms with van der Waals surface area (Å²) >= 11 is 4.55. The summed E-state index contributed by atoms with van der Waals surface area (Å²) in [5, 5.41) is 1.68. The first-order valence-electron chi connectivity index (χ1n) is 11.0. The third kappa shape index (κ3) is 5.26. The molecule has 1 saturated heterocycles. The van der Waals surface area contributed by atoms with Crippen LogP contribution in [0.15, 0.2) is 82.2 Å². The highest BCUT2D eigenvalue weighted by molar-refractivity contribution is 8.08. The number of aromatic nitrogens is 1. The topological polar surface area (TPSA) is 85.5 Å². The van der Waals surface area contributed by atoms with Gasteiger partial charge in [-0.15, -0.1) is 35.5 Å². The molecule has 0 saturated carbocycles. The van der Waals surface area contributed by atoms with Gasteiger partial charge in [0, 0.05) is 10.7 Å². The number of thiazole rings is 1. The van der Waals surface area contributed by atoms with Crippen LogP contribution in [-0.2, 0) is 14.3 Å². The Morgan fingerprint density at radius 1 is 1.17 bits per heavy atom. The second kappa shape index (κ2) is 11.7. The minimum absolute atomic E-state index is 0. The first-order chi connectivity index (χ1) is 17.0. The lowest BCUT2D eigenvalue weighted by Crippen LogP contribution is -2.68. The van der Waals surface area contributed by atoms with Crippen molar-refractivity contribution >= 4 is 65.2 Å². The average molecular weight is 558 g/mol. The molecular formula is C26H24ClN3O3S3. The van der Waals surface area contributed by atoms with Crippen molar-refractivity contribution in [1.82, 2.24) is 9.88 Å². The van der Waals surface area contributed by atoms with Crippen molar-refractivity contribution in [3.05, 3.63) is 104 Å². The monoisotopic (exact) mass is 557 g/mol. The fourth-order valence-corrected chi connectivity index (χ4v) is 7.02. The van der Waals surface area contributed by atoms with Crippen LogP contribution in [0.3, 0.4) is 0 Å². The number of carbonyl (C=O) groups excluding carboxylic acids is 2. The number of hydrogen-bond donors (Lipinski definition) is 1. The predicted octanol–water partition coefficient (Wildman–Crippen LogP) is 5.36. The Labute approximate surface area is 228 Å². The Morgan fingerprint density at radius 2 is 1.81 bits per heavy atom. The number of nitrogens with zero attached hydrogens (tertiary/aromatic N) is 2. The second-order valence-electron chi connectivity index (χ2n) is 8.04. The number of β-lactam (4-membered cyclic amide) rings is 1. The molecule has 0 radical (unpaired) electrons. The SMILES string of the molecule is Cc1ncsc1/C=C\SC1=C(C(=O)OC(c2ccccc2)c2ccccc2)N2C(=O)[C@@H](N)[C@H]2SC1.Cl. The van der Waals surface area contributed by atoms with Gasteiger partial charge in [0.1, 0.15) is 17.1 Å². The number of fused-ring (bicyclic) bond motifs is 1. The van der Waals surface area contributed by atoms with Gasteiger partial charge in [0.15, 0.2) is 6.10 Å². The molecule has 36 heavy (non-hydrogen) atoms. The number of halogens is 1. The number of ether oxygens (including phenoxy) is 1. The zero-order chi connectivity index (χ0) is 24.4. The maximum Gasteiger partial charge on any atom is 0.356 e. The molecule has 2 aromatic carbocycles. The number of carbonyl (C=O) groups is 2. The van der Waals surface area contributed by atoms with E-state index in [1.807, 2.05) is 79.1 Å². The van der Waals surface area contributed by atoms with Gasteiger partial charge in [0.25, 0.3) is 0 Å². The summed E-state index contributed by atoms with van der Waals surface area (Å²) in [4.78, 5) is 34.0. The van der Waals surface area contributed by atoms with Crippen molar-refractivity contribution in [2.24, 2.45) is 5.73 Å². The first-order valence-corrected chi connectivity index (χ1v) is 13.8. The lowest BCUT2D eigenvalue weighted by molar-refractivity contribution is -0.152. The number of aryl methyl sites for hydroxylation is 1. The Bertz CT molecular complexity index is 1260. The maximum atomic E-state index is 13.7. The summed E-state index contributed by atoms with van der Waals surface area (Å²) in [5.74, 6) is -0.214. The number of benzene rings is 2. The van der Waals surface area contributed by atoms with E-state index in [1.54, 1.807) is 28.6 Å². The van der Waals surface area contributed by atoms with Crippen LogP contribution < -0.4 is 5.73 Å². The molecule has 0 unspecified atom stereocenters. The van der Waals surface area contributed by atoms with Gasteiger partial charge in [0.2, 0.25) is 5.91 Å². The van der Waals surface area contributed by atoms with E-state index in [0.717, 1.165) is 26.6 Å². The fourth-order valence-electron chi connectivity index (χ4n) is 3.96. The van der Waals surface area contributed by atoms with Crippen molar-refractivity contribution in [2.75, 3.05) is 5.75 Å². The largest absolute Gasteiger partial charge is 0.448 e. The number of esters is 1. The van der Waals surface area contributed by atoms with Gasteiger partial charge in [-0.25, -0.2) is 9.78 Å². The van der Waals surface area contributed by atoms with E-state index in [-0.39, 0.29) is 29.4 Å². The highest BCUT2D eigenvalue weighted by atomic mass is 35.5. The summed E-state index contributed by atoms with van der Waals surface area (Å²) in [6.07, 6.45) is 1.38. The van der Waals surface area contributed by atoms with Gasteiger partial charge in [-0.1, -0.05) is 72.4 Å². The molecule has 1 fully saturated rings. The van der Waals surface area contributed by atoms with E-state index in [9.17, 15) is 9.59 Å². The molecule has 0 spiro atoms. The molecular weight excluding hydrogens is 534 g/mol. The summed E-state index contributed by atoms with van der Waals surface area (Å²) < 4.78 is 6.11. The van der Waals surface area contributed by atoms with E-state index in [0.29, 0.717) is 5.75 Å². The quantitative estimate of drug-likeness (QED) is 0.309. The summed E-state index contributed by atoms with van der Waals surface area (Å²) in [6, 6.07) is 18.6. The molecule has 2 aliphatic rings. The molecule has 1 amide bonds. The molecule has 5 rings (SSSR count). The minimum atomic E-state index is -0.608. The van der Waals surface area contributed by atoms with Gasteiger partial charge in [-0.2, -0.15) is 0 Å². The Balaban J connectivity index is 0.00000304. The van der Waals surface area contributed by atoms with Crippen LogP contribution >= 0.6 is 47.3 Å². The highest BCUT2D eigenvalue weighted by Gasteiger charge is 2.52. The van der Waals surface area contributed by atoms with Gasteiger partial charge < -0.3 is 10.5 Å². The van der Waals surface area contributed by atoms with E-state index in [4.69, 9.17) is 10.5 Å². The van der Waals surface area contributed by atoms with Crippen LogP contribution in [0.5, 0.6) is 0 Å². The van der Waals surface area contributed by atoms with Gasteiger partial charge in [0.05, 0.1) is 16.1 Å². The van der Waals surface area contributed by atoms with E-state index >= 15 is 0 Å². The van der Waals surface area contributed by atoms with E-state index in [1.165, 1.54) is 16.7 Å². The maximum absolute atomic E-state index is 13.7. The molecule has 3 heterocycles. The third-order valence-corrected chi connectivity index (χ3v) is 9.08. The third-order valence-electron chi connectivity index (χ3n) is 5.81. The number of thioether (sulfide) groups is 2. The Morgan fingerprint density at radius 3 is 2.39 bits per heavy atom. The summed E-state index contributed by atoms with van der Waals surface area (Å²) in [5.41, 5.74) is 10.8. The normalized spacial score (nSPS) is 19.2. The molecule has 0 bridgehead atoms. The van der Waals surface area contributed by atoms with Crippen LogP contribution in [0.1, 0.15) is 27.8 Å². The van der Waals surface area contributed by atoms with Crippen LogP contribution in [0, 0.1) is 6.92 Å². The molecule has 2 N–H and O–H groups in total. The Kier molecular flexibility index (Phi) is 8.58. The standard InChI is InChI=1S/C26H23N3O3S3.ClH/c1-16-19(35-15-28-16)12-13-33-20-14-34-25-21(27)24(30)29(25)22(20)26(31)32-23(17-8-4-2-5-9-17)18-10-6-3-7-11-18;/h2-13,15,21,23,25H,14,27H2,1H3;1H/b13-12-;/t21-,25-;/m1./s1. The van der Waals surface area contributed by atoms with Crippen LogP contribution in [-0.4, -0.2) is 38.9 Å². The van der Waals surface area contributed by atoms with Crippen LogP contribution in [0.25, 0.3) is 6.08 Å². The smallest absolute Gasteiger partial charge is 0.356 e. The van der Waals surface area contributed by atoms with Gasteiger partial charge >= 0.3 is 5.97 Å². The minimum Gasteiger partial charge on any atom is -0.448 e. The predicted molar refractivity (Wildman–Crippen MR) is 150 cm³/mol. The number of hydrogen-bond acceptors (Lipinski definition) is 8. The lowest BCUT2D eigenvalue weighted by Gasteiger charge is -2.48. The Hall–Kier alpha value is -2.56. The zero-order valence-electron chi connectivity index (χ0n) is 19.3. The van der Waals surface area contributed by atoms with Crippen molar-refractivity contribution in [2.45, 2.75) is 24.4 Å². The molecule has 186 valence electrons. The molecule has 10 heteroatoms. The molecule has 6 nitrogen and oxygen atoms in total. The first kappa shape index (κ1) is 26.5. The van der Waals surface area contributed by atoms with E-state index < -0.39 is 18.1 Å². The number of amides is 1. The average Bonchev–Trinajstić information content (AvgIpc) is 3.31. The summed E-state index contributed by atoms with van der Waals surface area (Å²) in [6.45, 7) is 1.96. The van der Waals surface area contributed by atoms with Crippen molar-refractivity contribution in [3.63, 3.8) is 0 Å². The van der Waals surface area contributed by atoms with E-state index in [2.05, 4.69) is 4.98 Å². The highest BCUT2D eigenvalue weighted by Crippen LogP contribution is 2.44. The fraction of sp³-hybridized carbons (Fsp3) is 0.192. The van der Waals surface area contributed by atoms with Gasteiger partial charge in [-0.3, -0.25) is 9.69 Å². The molecule has 2 atom stereocenters. The molecule has 3 aromatic rings. The second-order valence-corrected chi connectivity index (χ2v) is 11.0. The molecule has 1 aromatic heterocycles. The molecule has 0 aliphatic carbocycles.